The molecule has 1 fully saturated rings. The van der Waals surface area contributed by atoms with Crippen molar-refractivity contribution in [2.45, 2.75) is 24.0 Å². The lowest BCUT2D eigenvalue weighted by molar-refractivity contribution is -0.113. The lowest BCUT2D eigenvalue weighted by atomic mass is 9.94. The summed E-state index contributed by atoms with van der Waals surface area (Å²) in [6.07, 6.45) is 0.910. The maximum absolute atomic E-state index is 14.5. The van der Waals surface area contributed by atoms with E-state index in [1.165, 1.54) is 24.0 Å². The zero-order valence-electron chi connectivity index (χ0n) is 18.6. The van der Waals surface area contributed by atoms with Gasteiger partial charge in [-0.1, -0.05) is 0 Å². The number of fused-ring (bicyclic) bond motifs is 1. The van der Waals surface area contributed by atoms with Crippen molar-refractivity contribution in [2.24, 2.45) is 5.92 Å². The van der Waals surface area contributed by atoms with E-state index < -0.39 is 11.9 Å². The van der Waals surface area contributed by atoms with E-state index in [2.05, 4.69) is 15.6 Å². The van der Waals surface area contributed by atoms with Gasteiger partial charge in [0.15, 0.2) is 0 Å². The number of hydrogen-bond donors (Lipinski definition) is 2. The Kier molecular flexibility index (Phi) is 5.45. The van der Waals surface area contributed by atoms with Gasteiger partial charge in [0.1, 0.15) is 11.9 Å². The minimum absolute atomic E-state index is 0.0117. The summed E-state index contributed by atoms with van der Waals surface area (Å²) in [4.78, 5) is 43.2. The number of aromatic nitrogens is 2. The number of anilines is 2. The number of cyclic esters (lactones) is 1. The number of halogens is 1. The van der Waals surface area contributed by atoms with Gasteiger partial charge in [0.2, 0.25) is 5.91 Å². The van der Waals surface area contributed by atoms with Gasteiger partial charge in [-0.3, -0.25) is 19.5 Å². The number of rotatable bonds is 5. The van der Waals surface area contributed by atoms with Crippen molar-refractivity contribution in [1.82, 2.24) is 14.9 Å². The summed E-state index contributed by atoms with van der Waals surface area (Å²) in [5.41, 5.74) is 2.90. The van der Waals surface area contributed by atoms with E-state index in [1.54, 1.807) is 21.6 Å². The average molecular weight is 496 g/mol. The van der Waals surface area contributed by atoms with Crippen molar-refractivity contribution in [1.29, 1.82) is 0 Å². The lowest BCUT2D eigenvalue weighted by Gasteiger charge is -2.27. The maximum Gasteiger partial charge on any atom is 0.414 e. The SMILES string of the molecule is O=C1CSc2ccc(N3C[C@@H](CNC[C@@H]4Cc5c(F)cnc6ccc(=O)n(c56)C4)OC3=O)cc2N1. The molecule has 35 heavy (non-hydrogen) atoms. The molecule has 0 aliphatic carbocycles. The first-order valence-corrected chi connectivity index (χ1v) is 12.4. The molecule has 1 saturated heterocycles. The number of nitrogens with zero attached hydrogens (tertiary/aromatic N) is 3. The van der Waals surface area contributed by atoms with Crippen molar-refractivity contribution in [3.05, 3.63) is 58.3 Å². The highest BCUT2D eigenvalue weighted by molar-refractivity contribution is 8.00. The van der Waals surface area contributed by atoms with Gasteiger partial charge in [-0.15, -0.1) is 11.8 Å². The summed E-state index contributed by atoms with van der Waals surface area (Å²) in [6, 6.07) is 8.63. The van der Waals surface area contributed by atoms with E-state index in [0.29, 0.717) is 66.3 Å². The Morgan fingerprint density at radius 1 is 1.17 bits per heavy atom. The van der Waals surface area contributed by atoms with Crippen LogP contribution in [0, 0.1) is 11.7 Å². The fourth-order valence-electron chi connectivity index (χ4n) is 4.96. The molecule has 2 amide bonds. The van der Waals surface area contributed by atoms with Crippen LogP contribution in [0.5, 0.6) is 0 Å². The second-order valence-electron chi connectivity index (χ2n) is 8.96. The van der Waals surface area contributed by atoms with Crippen molar-refractivity contribution in [3.8, 4) is 0 Å². The van der Waals surface area contributed by atoms with Crippen molar-refractivity contribution >= 4 is 46.2 Å². The number of carbonyl (C=O) groups is 2. The highest BCUT2D eigenvalue weighted by atomic mass is 32.2. The van der Waals surface area contributed by atoms with Gasteiger partial charge in [-0.05, 0) is 36.6 Å². The molecule has 2 atom stereocenters. The molecule has 2 N–H and O–H groups in total. The standard InChI is InChI=1S/C24H22FN5O4S/c25-17-9-27-18-2-4-22(32)30-10-13(5-16(17)23(18)30)7-26-8-15-11-29(24(33)34-15)14-1-3-20-19(6-14)28-21(31)12-35-20/h1-4,6,9,13,15,26H,5,7-8,10-12H2,(H,28,31)/t13-,15+/m0/s1. The molecule has 3 aliphatic heterocycles. The molecule has 9 nitrogen and oxygen atoms in total. The normalized spacial score (nSPS) is 21.1. The Morgan fingerprint density at radius 2 is 2.06 bits per heavy atom. The van der Waals surface area contributed by atoms with Gasteiger partial charge in [0.05, 0.1) is 35.2 Å². The summed E-state index contributed by atoms with van der Waals surface area (Å²) in [5, 5.41) is 6.17. The van der Waals surface area contributed by atoms with E-state index in [0.717, 1.165) is 4.90 Å². The number of nitrogens with one attached hydrogen (secondary N) is 2. The maximum atomic E-state index is 14.5. The smallest absolute Gasteiger partial charge is 0.414 e. The van der Waals surface area contributed by atoms with Crippen LogP contribution in [-0.2, 0) is 22.5 Å². The summed E-state index contributed by atoms with van der Waals surface area (Å²) in [5.74, 6) is -0.0731. The molecular formula is C24H22FN5O4S. The van der Waals surface area contributed by atoms with Crippen molar-refractivity contribution < 1.29 is 18.7 Å². The third-order valence-electron chi connectivity index (χ3n) is 6.57. The topological polar surface area (TPSA) is 106 Å². The van der Waals surface area contributed by atoms with E-state index >= 15 is 0 Å². The quantitative estimate of drug-likeness (QED) is 0.560. The second kappa shape index (κ2) is 8.65. The third-order valence-corrected chi connectivity index (χ3v) is 7.65. The minimum atomic E-state index is -0.439. The number of hydrogen-bond acceptors (Lipinski definition) is 7. The molecule has 0 bridgehead atoms. The van der Waals surface area contributed by atoms with Crippen LogP contribution in [-0.4, -0.2) is 53.0 Å². The molecule has 5 heterocycles. The first kappa shape index (κ1) is 22.1. The van der Waals surface area contributed by atoms with E-state index in [9.17, 15) is 18.8 Å². The van der Waals surface area contributed by atoms with E-state index in [1.807, 2.05) is 12.1 Å². The number of carbonyl (C=O) groups excluding carboxylic acids is 2. The predicted molar refractivity (Wildman–Crippen MR) is 129 cm³/mol. The number of pyridine rings is 2. The first-order valence-electron chi connectivity index (χ1n) is 11.4. The number of benzene rings is 1. The summed E-state index contributed by atoms with van der Waals surface area (Å²) in [6.45, 7) is 1.82. The molecular weight excluding hydrogens is 473 g/mol. The Morgan fingerprint density at radius 3 is 2.94 bits per heavy atom. The first-order chi connectivity index (χ1) is 17.0. The molecule has 0 radical (unpaired) electrons. The lowest BCUT2D eigenvalue weighted by Crippen LogP contribution is -2.38. The van der Waals surface area contributed by atoms with Crippen molar-refractivity contribution in [3.63, 3.8) is 0 Å². The molecule has 3 aliphatic rings. The van der Waals surface area contributed by atoms with Crippen LogP contribution in [0.1, 0.15) is 5.56 Å². The zero-order valence-corrected chi connectivity index (χ0v) is 19.4. The highest BCUT2D eigenvalue weighted by Gasteiger charge is 2.33. The van der Waals surface area contributed by atoms with Crippen LogP contribution in [0.2, 0.25) is 0 Å². The molecule has 0 unspecified atom stereocenters. The predicted octanol–water partition coefficient (Wildman–Crippen LogP) is 2.37. The van der Waals surface area contributed by atoms with Crippen LogP contribution in [0.3, 0.4) is 0 Å². The number of thioether (sulfide) groups is 1. The fraction of sp³-hybridized carbons (Fsp3) is 0.333. The number of ether oxygens (including phenoxy) is 1. The van der Waals surface area contributed by atoms with Crippen LogP contribution in [0.15, 0.2) is 46.2 Å². The third kappa shape index (κ3) is 4.04. The second-order valence-corrected chi connectivity index (χ2v) is 9.98. The average Bonchev–Trinajstić information content (AvgIpc) is 3.22. The molecule has 6 rings (SSSR count). The largest absolute Gasteiger partial charge is 0.443 e. The molecule has 11 heteroatoms. The Bertz CT molecular complexity index is 1430. The Hall–Kier alpha value is -3.44. The molecule has 180 valence electrons. The molecule has 0 saturated carbocycles. The van der Waals surface area contributed by atoms with Gasteiger partial charge < -0.3 is 19.9 Å². The fourth-order valence-corrected chi connectivity index (χ4v) is 5.74. The molecule has 1 aromatic carbocycles. The minimum Gasteiger partial charge on any atom is -0.443 e. The van der Waals surface area contributed by atoms with E-state index in [4.69, 9.17) is 4.74 Å². The molecule has 2 aromatic heterocycles. The molecule has 0 spiro atoms. The van der Waals surface area contributed by atoms with Gasteiger partial charge in [0, 0.05) is 41.8 Å². The highest BCUT2D eigenvalue weighted by Crippen LogP contribution is 2.35. The van der Waals surface area contributed by atoms with Crippen LogP contribution in [0.4, 0.5) is 20.6 Å². The van der Waals surface area contributed by atoms with Gasteiger partial charge in [-0.25, -0.2) is 9.18 Å². The Labute approximate surface area is 203 Å². The Balaban J connectivity index is 1.09. The summed E-state index contributed by atoms with van der Waals surface area (Å²) >= 11 is 1.47. The van der Waals surface area contributed by atoms with Crippen LogP contribution >= 0.6 is 11.8 Å². The van der Waals surface area contributed by atoms with Gasteiger partial charge >= 0.3 is 6.09 Å². The van der Waals surface area contributed by atoms with Crippen LogP contribution in [0.25, 0.3) is 11.0 Å². The monoisotopic (exact) mass is 495 g/mol. The zero-order chi connectivity index (χ0) is 24.1. The van der Waals surface area contributed by atoms with Crippen molar-refractivity contribution in [2.75, 3.05) is 35.6 Å². The van der Waals surface area contributed by atoms with E-state index in [-0.39, 0.29) is 23.5 Å². The molecule has 3 aromatic rings. The van der Waals surface area contributed by atoms with Gasteiger partial charge in [-0.2, -0.15) is 0 Å². The van der Waals surface area contributed by atoms with Crippen LogP contribution < -0.4 is 21.1 Å². The summed E-state index contributed by atoms with van der Waals surface area (Å²) in [7, 11) is 0. The number of amides is 2. The summed E-state index contributed by atoms with van der Waals surface area (Å²) < 4.78 is 21.6. The van der Waals surface area contributed by atoms with Gasteiger partial charge in [0.25, 0.3) is 5.56 Å².